The van der Waals surface area contributed by atoms with Gasteiger partial charge in [0.1, 0.15) is 5.76 Å². The third-order valence-electron chi connectivity index (χ3n) is 5.28. The topological polar surface area (TPSA) is 75.4 Å². The molecule has 1 aliphatic carbocycles. The Morgan fingerprint density at radius 1 is 1.19 bits per heavy atom. The number of nitrogens with zero attached hydrogens (tertiary/aromatic N) is 2. The molecule has 0 bridgehead atoms. The summed E-state index contributed by atoms with van der Waals surface area (Å²) in [5.41, 5.74) is 0. The SMILES string of the molecule is CCCCCCCC(=O)N(CC(=O)Nc1cc(C)on1)CC1CCCCC1. The molecule has 0 spiro atoms. The second-order valence-electron chi connectivity index (χ2n) is 7.81. The molecule has 6 heteroatoms. The van der Waals surface area contributed by atoms with E-state index in [2.05, 4.69) is 17.4 Å². The van der Waals surface area contributed by atoms with Crippen molar-refractivity contribution >= 4 is 17.6 Å². The minimum Gasteiger partial charge on any atom is -0.360 e. The fraction of sp³-hybridized carbons (Fsp3) is 0.762. The van der Waals surface area contributed by atoms with Crippen molar-refractivity contribution in [2.75, 3.05) is 18.4 Å². The lowest BCUT2D eigenvalue weighted by Gasteiger charge is -2.29. The highest BCUT2D eigenvalue weighted by Gasteiger charge is 2.23. The lowest BCUT2D eigenvalue weighted by molar-refractivity contribution is -0.135. The Balaban J connectivity index is 1.87. The van der Waals surface area contributed by atoms with E-state index >= 15 is 0 Å². The lowest BCUT2D eigenvalue weighted by Crippen LogP contribution is -2.41. The molecule has 1 aromatic rings. The Labute approximate surface area is 163 Å². The van der Waals surface area contributed by atoms with Crippen molar-refractivity contribution in [2.24, 2.45) is 5.92 Å². The van der Waals surface area contributed by atoms with Crippen LogP contribution in [0.2, 0.25) is 0 Å². The van der Waals surface area contributed by atoms with Gasteiger partial charge in [-0.1, -0.05) is 57.0 Å². The third-order valence-corrected chi connectivity index (χ3v) is 5.28. The van der Waals surface area contributed by atoms with Gasteiger partial charge in [0.25, 0.3) is 0 Å². The van der Waals surface area contributed by atoms with Crippen molar-refractivity contribution in [2.45, 2.75) is 84.5 Å². The lowest BCUT2D eigenvalue weighted by atomic mass is 9.89. The molecule has 1 aromatic heterocycles. The van der Waals surface area contributed by atoms with Gasteiger partial charge in [0.05, 0.1) is 6.54 Å². The monoisotopic (exact) mass is 377 g/mol. The van der Waals surface area contributed by atoms with Crippen molar-refractivity contribution in [3.05, 3.63) is 11.8 Å². The van der Waals surface area contributed by atoms with Gasteiger partial charge in [0, 0.05) is 19.0 Å². The summed E-state index contributed by atoms with van der Waals surface area (Å²) in [7, 11) is 0. The van der Waals surface area contributed by atoms with Gasteiger partial charge in [-0.2, -0.15) is 0 Å². The van der Waals surface area contributed by atoms with Crippen LogP contribution in [0, 0.1) is 12.8 Å². The number of hydrogen-bond donors (Lipinski definition) is 1. The molecule has 1 N–H and O–H groups in total. The van der Waals surface area contributed by atoms with E-state index in [4.69, 9.17) is 4.52 Å². The summed E-state index contributed by atoms with van der Waals surface area (Å²) in [6.45, 7) is 4.75. The van der Waals surface area contributed by atoms with Gasteiger partial charge in [-0.25, -0.2) is 0 Å². The zero-order chi connectivity index (χ0) is 19.5. The number of carbonyl (C=O) groups is 2. The Hall–Kier alpha value is -1.85. The van der Waals surface area contributed by atoms with Crippen LogP contribution in [0.3, 0.4) is 0 Å². The molecule has 1 heterocycles. The summed E-state index contributed by atoms with van der Waals surface area (Å²) in [4.78, 5) is 26.9. The number of nitrogens with one attached hydrogen (secondary N) is 1. The molecule has 0 aromatic carbocycles. The van der Waals surface area contributed by atoms with Crippen LogP contribution < -0.4 is 5.32 Å². The van der Waals surface area contributed by atoms with Crippen LogP contribution in [-0.4, -0.2) is 35.0 Å². The first kappa shape index (κ1) is 21.5. The predicted molar refractivity (Wildman–Crippen MR) is 106 cm³/mol. The van der Waals surface area contributed by atoms with Gasteiger partial charge in [-0.3, -0.25) is 9.59 Å². The number of rotatable bonds is 11. The molecule has 0 unspecified atom stereocenters. The number of unbranched alkanes of at least 4 members (excludes halogenated alkanes) is 4. The summed E-state index contributed by atoms with van der Waals surface area (Å²) in [6, 6.07) is 1.68. The summed E-state index contributed by atoms with van der Waals surface area (Å²) in [5.74, 6) is 1.46. The minimum atomic E-state index is -0.210. The molecule has 152 valence electrons. The number of carbonyl (C=O) groups excluding carboxylic acids is 2. The van der Waals surface area contributed by atoms with E-state index in [1.807, 2.05) is 0 Å². The second-order valence-corrected chi connectivity index (χ2v) is 7.81. The van der Waals surface area contributed by atoms with Crippen LogP contribution in [0.25, 0.3) is 0 Å². The maximum Gasteiger partial charge on any atom is 0.245 e. The van der Waals surface area contributed by atoms with Crippen LogP contribution in [0.15, 0.2) is 10.6 Å². The Kier molecular flexibility index (Phi) is 9.36. The fourth-order valence-corrected chi connectivity index (χ4v) is 3.75. The molecule has 0 atom stereocenters. The summed E-state index contributed by atoms with van der Waals surface area (Å²) in [5, 5.41) is 6.52. The van der Waals surface area contributed by atoms with E-state index in [0.29, 0.717) is 30.5 Å². The van der Waals surface area contributed by atoms with Crippen molar-refractivity contribution < 1.29 is 14.1 Å². The first-order valence-electron chi connectivity index (χ1n) is 10.6. The van der Waals surface area contributed by atoms with E-state index in [-0.39, 0.29) is 18.4 Å². The summed E-state index contributed by atoms with van der Waals surface area (Å²) >= 11 is 0. The van der Waals surface area contributed by atoms with Crippen molar-refractivity contribution in [3.8, 4) is 0 Å². The number of aromatic nitrogens is 1. The molecule has 0 aliphatic heterocycles. The fourth-order valence-electron chi connectivity index (χ4n) is 3.75. The molecule has 0 saturated heterocycles. The van der Waals surface area contributed by atoms with Crippen LogP contribution >= 0.6 is 0 Å². The molecular formula is C21H35N3O3. The smallest absolute Gasteiger partial charge is 0.245 e. The zero-order valence-corrected chi connectivity index (χ0v) is 17.0. The Morgan fingerprint density at radius 3 is 2.59 bits per heavy atom. The van der Waals surface area contributed by atoms with Crippen molar-refractivity contribution in [3.63, 3.8) is 0 Å². The molecule has 2 rings (SSSR count). The van der Waals surface area contributed by atoms with E-state index in [1.54, 1.807) is 17.9 Å². The van der Waals surface area contributed by atoms with Gasteiger partial charge in [-0.05, 0) is 32.1 Å². The Bertz CT molecular complexity index is 579. The highest BCUT2D eigenvalue weighted by atomic mass is 16.5. The van der Waals surface area contributed by atoms with Crippen LogP contribution in [0.1, 0.15) is 83.3 Å². The molecule has 1 saturated carbocycles. The third kappa shape index (κ3) is 8.14. The van der Waals surface area contributed by atoms with E-state index in [1.165, 1.54) is 38.5 Å². The number of hydrogen-bond acceptors (Lipinski definition) is 4. The van der Waals surface area contributed by atoms with Crippen molar-refractivity contribution in [1.82, 2.24) is 10.1 Å². The van der Waals surface area contributed by atoms with E-state index in [0.717, 1.165) is 25.7 Å². The average molecular weight is 378 g/mol. The van der Waals surface area contributed by atoms with Gasteiger partial charge >= 0.3 is 0 Å². The quantitative estimate of drug-likeness (QED) is 0.568. The number of aryl methyl sites for hydroxylation is 1. The van der Waals surface area contributed by atoms with Gasteiger partial charge in [0.2, 0.25) is 11.8 Å². The van der Waals surface area contributed by atoms with Crippen molar-refractivity contribution in [1.29, 1.82) is 0 Å². The molecule has 0 radical (unpaired) electrons. The molecule has 2 amide bonds. The molecule has 1 aliphatic rings. The molecule has 6 nitrogen and oxygen atoms in total. The second kappa shape index (κ2) is 11.8. The average Bonchev–Trinajstić information content (AvgIpc) is 3.06. The maximum atomic E-state index is 12.8. The van der Waals surface area contributed by atoms with Gasteiger partial charge in [0.15, 0.2) is 5.82 Å². The standard InChI is InChI=1S/C21H35N3O3/c1-3-4-5-6-10-13-21(26)24(15-18-11-8-7-9-12-18)16-20(25)22-19-14-17(2)27-23-19/h14,18H,3-13,15-16H2,1-2H3,(H,22,23,25). The van der Waals surface area contributed by atoms with Crippen LogP contribution in [0.4, 0.5) is 5.82 Å². The highest BCUT2D eigenvalue weighted by molar-refractivity contribution is 5.93. The Morgan fingerprint density at radius 2 is 1.93 bits per heavy atom. The predicted octanol–water partition coefficient (Wildman–Crippen LogP) is 4.69. The number of amides is 2. The van der Waals surface area contributed by atoms with Gasteiger partial charge < -0.3 is 14.7 Å². The van der Waals surface area contributed by atoms with E-state index < -0.39 is 0 Å². The zero-order valence-electron chi connectivity index (χ0n) is 17.0. The molecular weight excluding hydrogens is 342 g/mol. The normalized spacial score (nSPS) is 14.9. The summed E-state index contributed by atoms with van der Waals surface area (Å²) < 4.78 is 4.98. The number of anilines is 1. The first-order chi connectivity index (χ1) is 13.1. The largest absolute Gasteiger partial charge is 0.360 e. The summed E-state index contributed by atoms with van der Waals surface area (Å²) in [6.07, 6.45) is 12.2. The van der Waals surface area contributed by atoms with Crippen LogP contribution in [0.5, 0.6) is 0 Å². The van der Waals surface area contributed by atoms with Crippen LogP contribution in [-0.2, 0) is 9.59 Å². The van der Waals surface area contributed by atoms with E-state index in [9.17, 15) is 9.59 Å². The minimum absolute atomic E-state index is 0.0935. The molecule has 27 heavy (non-hydrogen) atoms. The van der Waals surface area contributed by atoms with Gasteiger partial charge in [-0.15, -0.1) is 0 Å². The molecule has 1 fully saturated rings. The first-order valence-corrected chi connectivity index (χ1v) is 10.6. The maximum absolute atomic E-state index is 12.8. The highest BCUT2D eigenvalue weighted by Crippen LogP contribution is 2.25.